The second-order valence-corrected chi connectivity index (χ2v) is 7.15. The Labute approximate surface area is 158 Å². The molecule has 2 aromatic carbocycles. The normalized spacial score (nSPS) is 19.7. The Kier molecular flexibility index (Phi) is 3.96. The second-order valence-electron chi connectivity index (χ2n) is 6.23. The Balaban J connectivity index is 1.78. The first-order valence-electron chi connectivity index (χ1n) is 8.10. The molecular formula is C19H16BrN3O3. The molecule has 26 heavy (non-hydrogen) atoms. The number of rotatable bonds is 2. The fourth-order valence-electron chi connectivity index (χ4n) is 3.36. The van der Waals surface area contributed by atoms with Gasteiger partial charge in [0.15, 0.2) is 0 Å². The van der Waals surface area contributed by atoms with Crippen LogP contribution in [-0.4, -0.2) is 35.5 Å². The summed E-state index contributed by atoms with van der Waals surface area (Å²) in [5.74, 6) is -0.191. The lowest BCUT2D eigenvalue weighted by molar-refractivity contribution is -0.114. The van der Waals surface area contributed by atoms with Gasteiger partial charge >= 0.3 is 6.03 Å². The van der Waals surface area contributed by atoms with E-state index in [2.05, 4.69) is 21.2 Å². The molecule has 2 aliphatic heterocycles. The predicted molar refractivity (Wildman–Crippen MR) is 101 cm³/mol. The molecule has 3 amide bonds. The Morgan fingerprint density at radius 3 is 2.50 bits per heavy atom. The minimum absolute atomic E-state index is 0.0304. The minimum Gasteiger partial charge on any atom is -0.506 e. The molecule has 2 N–H and O–H groups in total. The molecule has 0 radical (unpaired) electrons. The lowest BCUT2D eigenvalue weighted by atomic mass is 9.96. The van der Waals surface area contributed by atoms with Gasteiger partial charge in [-0.3, -0.25) is 14.6 Å². The van der Waals surface area contributed by atoms with Crippen molar-refractivity contribution >= 4 is 33.6 Å². The summed E-state index contributed by atoms with van der Waals surface area (Å²) in [6, 6.07) is 13.4. The van der Waals surface area contributed by atoms with Crippen molar-refractivity contribution in [2.75, 3.05) is 18.5 Å². The molecular weight excluding hydrogens is 398 g/mol. The number of aromatic hydroxyl groups is 1. The Bertz CT molecular complexity index is 939. The molecule has 7 heteroatoms. The number of amides is 3. The quantitative estimate of drug-likeness (QED) is 0.793. The number of nitrogens with one attached hydrogen (secondary N) is 1. The molecule has 0 bridgehead atoms. The number of likely N-dealkylation sites (N-methyl/N-ethyl adjacent to an activating group) is 1. The van der Waals surface area contributed by atoms with Gasteiger partial charge in [0.1, 0.15) is 5.75 Å². The van der Waals surface area contributed by atoms with Crippen LogP contribution in [0.2, 0.25) is 0 Å². The molecule has 132 valence electrons. The summed E-state index contributed by atoms with van der Waals surface area (Å²) >= 11 is 3.40. The molecule has 2 aliphatic rings. The number of anilines is 1. The summed E-state index contributed by atoms with van der Waals surface area (Å²) in [6.07, 6.45) is 0. The Hall–Kier alpha value is -2.80. The van der Waals surface area contributed by atoms with Gasteiger partial charge in [0, 0.05) is 11.5 Å². The van der Waals surface area contributed by atoms with Gasteiger partial charge in [0.25, 0.3) is 5.91 Å². The van der Waals surface area contributed by atoms with Crippen molar-refractivity contribution in [1.82, 2.24) is 10.2 Å². The maximum atomic E-state index is 13.2. The molecule has 0 spiro atoms. The number of urea groups is 1. The number of phenols is 1. The van der Waals surface area contributed by atoms with E-state index in [1.54, 1.807) is 31.3 Å². The zero-order valence-electron chi connectivity index (χ0n) is 13.9. The summed E-state index contributed by atoms with van der Waals surface area (Å²) in [5.41, 5.74) is 2.43. The topological polar surface area (TPSA) is 72.9 Å². The van der Waals surface area contributed by atoms with Crippen molar-refractivity contribution in [3.63, 3.8) is 0 Å². The first-order valence-corrected chi connectivity index (χ1v) is 8.89. The van der Waals surface area contributed by atoms with E-state index in [1.807, 2.05) is 24.3 Å². The summed E-state index contributed by atoms with van der Waals surface area (Å²) in [7, 11) is 1.64. The number of benzene rings is 2. The van der Waals surface area contributed by atoms with Gasteiger partial charge in [-0.25, -0.2) is 4.79 Å². The number of carbonyl (C=O) groups excluding carboxylic acids is 2. The largest absolute Gasteiger partial charge is 0.506 e. The lowest BCUT2D eigenvalue weighted by Crippen LogP contribution is -2.45. The van der Waals surface area contributed by atoms with Crippen molar-refractivity contribution in [3.05, 3.63) is 69.8 Å². The standard InChI is InChI=1S/C19H16BrN3O3/c1-22-14-10-23(13-4-2-3-5-15(13)24)18(25)16(14)17(21-19(22)26)11-6-8-12(20)9-7-11/h2-9,17,24H,10H2,1H3,(H,21,26). The van der Waals surface area contributed by atoms with E-state index in [0.29, 0.717) is 17.0 Å². The smallest absolute Gasteiger partial charge is 0.322 e. The molecule has 0 saturated heterocycles. The van der Waals surface area contributed by atoms with Crippen molar-refractivity contribution < 1.29 is 14.7 Å². The van der Waals surface area contributed by atoms with Crippen molar-refractivity contribution in [2.24, 2.45) is 0 Å². The number of halogens is 1. The van der Waals surface area contributed by atoms with E-state index in [9.17, 15) is 14.7 Å². The molecule has 0 aliphatic carbocycles. The first-order chi connectivity index (χ1) is 12.5. The highest BCUT2D eigenvalue weighted by atomic mass is 79.9. The summed E-state index contributed by atoms with van der Waals surface area (Å²) < 4.78 is 0.920. The number of para-hydroxylation sites is 2. The maximum Gasteiger partial charge on any atom is 0.322 e. The van der Waals surface area contributed by atoms with Crippen LogP contribution >= 0.6 is 15.9 Å². The van der Waals surface area contributed by atoms with Crippen LogP contribution in [0, 0.1) is 0 Å². The van der Waals surface area contributed by atoms with Gasteiger partial charge < -0.3 is 10.4 Å². The van der Waals surface area contributed by atoms with Gasteiger partial charge in [-0.05, 0) is 29.8 Å². The Morgan fingerprint density at radius 1 is 1.12 bits per heavy atom. The van der Waals surface area contributed by atoms with Crippen LogP contribution in [0.1, 0.15) is 11.6 Å². The van der Waals surface area contributed by atoms with E-state index in [-0.39, 0.29) is 24.2 Å². The maximum absolute atomic E-state index is 13.2. The minimum atomic E-state index is -0.523. The highest BCUT2D eigenvalue weighted by molar-refractivity contribution is 9.10. The number of phenolic OH excluding ortho intramolecular Hbond substituents is 1. The zero-order valence-corrected chi connectivity index (χ0v) is 15.5. The van der Waals surface area contributed by atoms with E-state index in [0.717, 1.165) is 10.0 Å². The lowest BCUT2D eigenvalue weighted by Gasteiger charge is -2.31. The predicted octanol–water partition coefficient (Wildman–Crippen LogP) is 3.15. The molecule has 2 heterocycles. The molecule has 0 aromatic heterocycles. The fraction of sp³-hybridized carbons (Fsp3) is 0.158. The number of hydrogen-bond acceptors (Lipinski definition) is 3. The first kappa shape index (κ1) is 16.7. The van der Waals surface area contributed by atoms with Crippen LogP contribution < -0.4 is 10.2 Å². The summed E-state index contributed by atoms with van der Waals surface area (Å²) in [5, 5.41) is 13.0. The third-order valence-corrected chi connectivity index (χ3v) is 5.26. The van der Waals surface area contributed by atoms with Crippen molar-refractivity contribution in [2.45, 2.75) is 6.04 Å². The van der Waals surface area contributed by atoms with Crippen molar-refractivity contribution in [1.29, 1.82) is 0 Å². The number of hydrogen-bond donors (Lipinski definition) is 2. The third-order valence-electron chi connectivity index (χ3n) is 4.74. The van der Waals surface area contributed by atoms with E-state index >= 15 is 0 Å². The van der Waals surface area contributed by atoms with Gasteiger partial charge in [-0.15, -0.1) is 0 Å². The van der Waals surface area contributed by atoms with E-state index in [1.165, 1.54) is 9.80 Å². The van der Waals surface area contributed by atoms with E-state index < -0.39 is 6.04 Å². The van der Waals surface area contributed by atoms with Crippen molar-refractivity contribution in [3.8, 4) is 5.75 Å². The van der Waals surface area contributed by atoms with Crippen LogP contribution in [0.25, 0.3) is 0 Å². The van der Waals surface area contributed by atoms with Crippen LogP contribution in [0.4, 0.5) is 10.5 Å². The molecule has 0 fully saturated rings. The van der Waals surface area contributed by atoms with Gasteiger partial charge in [-0.1, -0.05) is 40.2 Å². The monoisotopic (exact) mass is 413 g/mol. The molecule has 6 nitrogen and oxygen atoms in total. The van der Waals surface area contributed by atoms with Crippen LogP contribution in [0.5, 0.6) is 5.75 Å². The SMILES string of the molecule is CN1C(=O)NC(c2ccc(Br)cc2)C2=C1CN(c1ccccc1O)C2=O. The van der Waals surface area contributed by atoms with E-state index in [4.69, 9.17) is 0 Å². The third kappa shape index (κ3) is 2.55. The summed E-state index contributed by atoms with van der Waals surface area (Å²) in [6.45, 7) is 0.239. The molecule has 0 saturated carbocycles. The highest BCUT2D eigenvalue weighted by Gasteiger charge is 2.43. The Morgan fingerprint density at radius 2 is 1.81 bits per heavy atom. The number of nitrogens with zero attached hydrogens (tertiary/aromatic N) is 2. The summed E-state index contributed by atoms with van der Waals surface area (Å²) in [4.78, 5) is 28.5. The number of carbonyl (C=O) groups is 2. The van der Waals surface area contributed by atoms with Crippen LogP contribution in [0.15, 0.2) is 64.3 Å². The van der Waals surface area contributed by atoms with Crippen LogP contribution in [0.3, 0.4) is 0 Å². The fourth-order valence-corrected chi connectivity index (χ4v) is 3.62. The second kappa shape index (κ2) is 6.17. The van der Waals surface area contributed by atoms with Gasteiger partial charge in [0.2, 0.25) is 0 Å². The van der Waals surface area contributed by atoms with Gasteiger partial charge in [-0.2, -0.15) is 0 Å². The zero-order chi connectivity index (χ0) is 18.4. The van der Waals surface area contributed by atoms with Gasteiger partial charge in [0.05, 0.1) is 29.5 Å². The molecule has 1 unspecified atom stereocenters. The molecule has 1 atom stereocenters. The highest BCUT2D eigenvalue weighted by Crippen LogP contribution is 2.39. The molecule has 4 rings (SSSR count). The molecule has 2 aromatic rings. The average Bonchev–Trinajstić information content (AvgIpc) is 2.97. The average molecular weight is 414 g/mol. The van der Waals surface area contributed by atoms with Crippen LogP contribution in [-0.2, 0) is 4.79 Å².